The van der Waals surface area contributed by atoms with Crippen molar-refractivity contribution in [3.05, 3.63) is 29.8 Å². The van der Waals surface area contributed by atoms with Crippen molar-refractivity contribution >= 4 is 17.4 Å². The highest BCUT2D eigenvalue weighted by Crippen LogP contribution is 2.34. The van der Waals surface area contributed by atoms with Crippen molar-refractivity contribution in [2.45, 2.75) is 18.6 Å². The molecule has 0 aromatic heterocycles. The zero-order chi connectivity index (χ0) is 10.8. The first kappa shape index (κ1) is 11.4. The van der Waals surface area contributed by atoms with Crippen LogP contribution in [0.5, 0.6) is 0 Å². The third kappa shape index (κ3) is 2.44. The second-order valence-electron chi connectivity index (χ2n) is 4.16. The van der Waals surface area contributed by atoms with Gasteiger partial charge in [0, 0.05) is 24.5 Å². The summed E-state index contributed by atoms with van der Waals surface area (Å²) in [5.41, 5.74) is 2.65. The van der Waals surface area contributed by atoms with Crippen molar-refractivity contribution in [3.63, 3.8) is 0 Å². The highest BCUT2D eigenvalue weighted by Gasteiger charge is 2.18. The van der Waals surface area contributed by atoms with Crippen LogP contribution in [0, 0.1) is 0 Å². The smallest absolute Gasteiger partial charge is 0.0364 e. The third-order valence-electron chi connectivity index (χ3n) is 2.57. The Bertz CT molecular complexity index is 305. The zero-order valence-corrected chi connectivity index (χ0v) is 10.5. The van der Waals surface area contributed by atoms with Crippen molar-refractivity contribution in [2.24, 2.45) is 0 Å². The van der Waals surface area contributed by atoms with Gasteiger partial charge in [0.2, 0.25) is 0 Å². The number of benzene rings is 1. The minimum atomic E-state index is 0.200. The first-order valence-corrected chi connectivity index (χ1v) is 6.03. The predicted octanol–water partition coefficient (Wildman–Crippen LogP) is 3.35. The van der Waals surface area contributed by atoms with Crippen LogP contribution in [0.1, 0.15) is 19.4 Å². The van der Waals surface area contributed by atoms with Crippen LogP contribution in [0.15, 0.2) is 24.3 Å². The molecule has 0 radical (unpaired) electrons. The Hall–Kier alpha value is -0.630. The van der Waals surface area contributed by atoms with E-state index in [1.165, 1.54) is 11.3 Å². The summed E-state index contributed by atoms with van der Waals surface area (Å²) < 4.78 is 0.200. The van der Waals surface area contributed by atoms with Gasteiger partial charge in [0.05, 0.1) is 0 Å². The molecular weight excluding hydrogens is 190 g/mol. The lowest BCUT2D eigenvalue weighted by molar-refractivity contribution is 0.785. The molecule has 14 heavy (non-hydrogen) atoms. The van der Waals surface area contributed by atoms with E-state index in [2.05, 4.69) is 63.4 Å². The molecule has 0 saturated heterocycles. The lowest BCUT2D eigenvalue weighted by Gasteiger charge is -2.24. The van der Waals surface area contributed by atoms with Crippen molar-refractivity contribution in [2.75, 3.05) is 25.3 Å². The summed E-state index contributed by atoms with van der Waals surface area (Å²) in [6.07, 6.45) is 2.16. The summed E-state index contributed by atoms with van der Waals surface area (Å²) in [6, 6.07) is 8.72. The van der Waals surface area contributed by atoms with E-state index in [9.17, 15) is 0 Å². The molecule has 0 spiro atoms. The predicted molar refractivity (Wildman–Crippen MR) is 67.3 cm³/mol. The van der Waals surface area contributed by atoms with Crippen LogP contribution in [-0.4, -0.2) is 20.4 Å². The summed E-state index contributed by atoms with van der Waals surface area (Å²) in [6.45, 7) is 4.51. The largest absolute Gasteiger partial charge is 0.378 e. The molecule has 1 nitrogen and oxygen atoms in total. The van der Waals surface area contributed by atoms with Gasteiger partial charge in [-0.05, 0) is 37.8 Å². The monoisotopic (exact) mass is 209 g/mol. The van der Waals surface area contributed by atoms with Crippen molar-refractivity contribution in [3.8, 4) is 0 Å². The fraction of sp³-hybridized carbons (Fsp3) is 0.500. The second kappa shape index (κ2) is 4.26. The van der Waals surface area contributed by atoms with E-state index in [0.29, 0.717) is 0 Å². The summed E-state index contributed by atoms with van der Waals surface area (Å²) in [5, 5.41) is 0. The molecule has 0 bridgehead atoms. The van der Waals surface area contributed by atoms with Gasteiger partial charge in [-0.3, -0.25) is 0 Å². The Morgan fingerprint density at radius 2 is 1.86 bits per heavy atom. The van der Waals surface area contributed by atoms with Crippen LogP contribution in [0.4, 0.5) is 5.69 Å². The van der Waals surface area contributed by atoms with Gasteiger partial charge in [0.1, 0.15) is 0 Å². The van der Waals surface area contributed by atoms with Crippen LogP contribution in [-0.2, 0) is 4.75 Å². The zero-order valence-electron chi connectivity index (χ0n) is 9.66. The van der Waals surface area contributed by atoms with E-state index in [1.54, 1.807) is 0 Å². The summed E-state index contributed by atoms with van der Waals surface area (Å²) in [4.78, 5) is 2.14. The molecule has 0 heterocycles. The first-order valence-electron chi connectivity index (χ1n) is 4.80. The Morgan fingerprint density at radius 1 is 1.21 bits per heavy atom. The standard InChI is InChI=1S/C12H19NS/c1-12(2,14-5)10-7-6-8-11(9-10)13(3)4/h6-9H,1-5H3. The van der Waals surface area contributed by atoms with Gasteiger partial charge in [-0.15, -0.1) is 0 Å². The van der Waals surface area contributed by atoms with Gasteiger partial charge in [0.25, 0.3) is 0 Å². The van der Waals surface area contributed by atoms with Crippen molar-refractivity contribution in [1.82, 2.24) is 0 Å². The minimum absolute atomic E-state index is 0.200. The molecule has 0 aliphatic rings. The lowest BCUT2D eigenvalue weighted by atomic mass is 10.0. The number of anilines is 1. The van der Waals surface area contributed by atoms with Gasteiger partial charge < -0.3 is 4.90 Å². The molecular formula is C12H19NS. The average molecular weight is 209 g/mol. The fourth-order valence-electron chi connectivity index (χ4n) is 1.28. The summed E-state index contributed by atoms with van der Waals surface area (Å²) in [7, 11) is 4.15. The summed E-state index contributed by atoms with van der Waals surface area (Å²) in [5.74, 6) is 0. The van der Waals surface area contributed by atoms with Gasteiger partial charge in [0.15, 0.2) is 0 Å². The van der Waals surface area contributed by atoms with Gasteiger partial charge in [-0.1, -0.05) is 12.1 Å². The first-order chi connectivity index (χ1) is 6.47. The quantitative estimate of drug-likeness (QED) is 0.751. The topological polar surface area (TPSA) is 3.24 Å². The molecule has 78 valence electrons. The maximum absolute atomic E-state index is 2.26. The van der Waals surface area contributed by atoms with E-state index in [4.69, 9.17) is 0 Å². The van der Waals surface area contributed by atoms with Gasteiger partial charge in [-0.2, -0.15) is 11.8 Å². The maximum atomic E-state index is 2.26. The molecule has 2 heteroatoms. The van der Waals surface area contributed by atoms with Crippen molar-refractivity contribution in [1.29, 1.82) is 0 Å². The highest BCUT2D eigenvalue weighted by atomic mass is 32.2. The van der Waals surface area contributed by atoms with Crippen LogP contribution in [0.25, 0.3) is 0 Å². The number of hydrogen-bond acceptors (Lipinski definition) is 2. The Balaban J connectivity index is 3.05. The SMILES string of the molecule is CSC(C)(C)c1cccc(N(C)C)c1. The van der Waals surface area contributed by atoms with Crippen LogP contribution in [0.3, 0.4) is 0 Å². The molecule has 1 aromatic carbocycles. The van der Waals surface area contributed by atoms with Crippen LogP contribution >= 0.6 is 11.8 Å². The molecule has 0 atom stereocenters. The number of hydrogen-bond donors (Lipinski definition) is 0. The Kier molecular flexibility index (Phi) is 3.48. The van der Waals surface area contributed by atoms with E-state index in [-0.39, 0.29) is 4.75 Å². The van der Waals surface area contributed by atoms with E-state index < -0.39 is 0 Å². The molecule has 0 fully saturated rings. The summed E-state index contributed by atoms with van der Waals surface area (Å²) >= 11 is 1.88. The van der Waals surface area contributed by atoms with E-state index in [1.807, 2.05) is 11.8 Å². The average Bonchev–Trinajstić information content (AvgIpc) is 2.18. The molecule has 0 amide bonds. The normalized spacial score (nSPS) is 11.5. The Morgan fingerprint density at radius 3 is 2.36 bits per heavy atom. The molecule has 1 rings (SSSR count). The number of rotatable bonds is 3. The van der Waals surface area contributed by atoms with E-state index in [0.717, 1.165) is 0 Å². The molecule has 0 saturated carbocycles. The Labute approximate surface area is 91.5 Å². The number of nitrogens with zero attached hydrogens (tertiary/aromatic N) is 1. The van der Waals surface area contributed by atoms with Crippen molar-refractivity contribution < 1.29 is 0 Å². The molecule has 0 aliphatic carbocycles. The van der Waals surface area contributed by atoms with Crippen LogP contribution < -0.4 is 4.90 Å². The second-order valence-corrected chi connectivity index (χ2v) is 5.59. The lowest BCUT2D eigenvalue weighted by Crippen LogP contribution is -2.14. The van der Waals surface area contributed by atoms with Crippen LogP contribution in [0.2, 0.25) is 0 Å². The molecule has 0 unspecified atom stereocenters. The molecule has 0 aliphatic heterocycles. The number of thioether (sulfide) groups is 1. The maximum Gasteiger partial charge on any atom is 0.0364 e. The highest BCUT2D eigenvalue weighted by molar-refractivity contribution is 7.99. The third-order valence-corrected chi connectivity index (χ3v) is 3.82. The fourth-order valence-corrected chi connectivity index (χ4v) is 1.64. The minimum Gasteiger partial charge on any atom is -0.378 e. The van der Waals surface area contributed by atoms with E-state index >= 15 is 0 Å². The van der Waals surface area contributed by atoms with Gasteiger partial charge >= 0.3 is 0 Å². The molecule has 0 N–H and O–H groups in total. The van der Waals surface area contributed by atoms with Gasteiger partial charge in [-0.25, -0.2) is 0 Å². The molecule has 1 aromatic rings.